The van der Waals surface area contributed by atoms with Gasteiger partial charge in [0.1, 0.15) is 6.54 Å². The second-order valence-electron chi connectivity index (χ2n) is 7.37. The van der Waals surface area contributed by atoms with Crippen LogP contribution in [0.15, 0.2) is 69.3 Å². The molecular formula is C22H21N3O4S. The van der Waals surface area contributed by atoms with E-state index in [1.807, 2.05) is 18.2 Å². The van der Waals surface area contributed by atoms with Crippen molar-refractivity contribution in [3.05, 3.63) is 81.6 Å². The average Bonchev–Trinajstić information content (AvgIpc) is 3.17. The molecule has 0 radical (unpaired) electrons. The molecule has 0 bridgehead atoms. The molecule has 0 saturated carbocycles. The molecule has 7 nitrogen and oxygen atoms in total. The Balaban J connectivity index is 1.56. The molecule has 154 valence electrons. The van der Waals surface area contributed by atoms with Gasteiger partial charge in [0.05, 0.1) is 4.90 Å². The molecule has 0 unspecified atom stereocenters. The first kappa shape index (κ1) is 20.0. The van der Waals surface area contributed by atoms with Gasteiger partial charge in [-0.05, 0) is 73.2 Å². The Morgan fingerprint density at radius 2 is 1.87 bits per heavy atom. The molecule has 1 N–H and O–H groups in total. The number of hydrogen-bond acceptors (Lipinski definition) is 5. The smallest absolute Gasteiger partial charge is 0.267 e. The lowest BCUT2D eigenvalue weighted by molar-refractivity contribution is -0.117. The van der Waals surface area contributed by atoms with Gasteiger partial charge >= 0.3 is 0 Å². The zero-order valence-electron chi connectivity index (χ0n) is 16.5. The lowest BCUT2D eigenvalue weighted by Crippen LogP contribution is -2.30. The molecule has 0 saturated heterocycles. The Kier molecular flexibility index (Phi) is 5.26. The molecule has 1 aromatic heterocycles. The van der Waals surface area contributed by atoms with Crippen LogP contribution in [0, 0.1) is 6.92 Å². The van der Waals surface area contributed by atoms with Gasteiger partial charge in [-0.15, -0.1) is 0 Å². The minimum Gasteiger partial charge on any atom is -0.324 e. The summed E-state index contributed by atoms with van der Waals surface area (Å²) >= 11 is 0. The Labute approximate surface area is 174 Å². The van der Waals surface area contributed by atoms with E-state index in [4.69, 9.17) is 0 Å². The number of anilines is 1. The van der Waals surface area contributed by atoms with Crippen LogP contribution in [0.3, 0.4) is 0 Å². The number of benzene rings is 2. The molecule has 0 spiro atoms. The maximum atomic E-state index is 12.9. The zero-order chi connectivity index (χ0) is 21.3. The van der Waals surface area contributed by atoms with Crippen LogP contribution in [0.1, 0.15) is 23.1 Å². The fourth-order valence-corrected chi connectivity index (χ4v) is 4.87. The molecule has 1 aliphatic rings. The summed E-state index contributed by atoms with van der Waals surface area (Å²) in [7, 11) is -3.90. The molecule has 8 heteroatoms. The molecule has 4 rings (SSSR count). The maximum Gasteiger partial charge on any atom is 0.267 e. The number of aromatic nitrogens is 2. The van der Waals surface area contributed by atoms with Crippen LogP contribution in [-0.2, 0) is 34.0 Å². The standard InChI is InChI=1S/C22H21N3O4S/c1-15-4-2-7-19(12-15)30(28,29)21-10-11-22(27)25(24-21)14-20(26)23-18-9-8-16-5-3-6-17(16)13-18/h2,4,7-13H,3,5-6,14H2,1H3,(H,23,26). The highest BCUT2D eigenvalue weighted by molar-refractivity contribution is 7.91. The Bertz CT molecular complexity index is 1300. The van der Waals surface area contributed by atoms with E-state index in [1.165, 1.54) is 23.3 Å². The van der Waals surface area contributed by atoms with E-state index in [1.54, 1.807) is 19.1 Å². The predicted octanol–water partition coefficient (Wildman–Crippen LogP) is 2.51. The van der Waals surface area contributed by atoms with Crippen LogP contribution in [-0.4, -0.2) is 24.1 Å². The lowest BCUT2D eigenvalue weighted by Gasteiger charge is -2.10. The van der Waals surface area contributed by atoms with Crippen molar-refractivity contribution in [1.82, 2.24) is 9.78 Å². The van der Waals surface area contributed by atoms with Crippen LogP contribution in [0.5, 0.6) is 0 Å². The van der Waals surface area contributed by atoms with Crippen LogP contribution in [0.2, 0.25) is 0 Å². The van der Waals surface area contributed by atoms with E-state index in [2.05, 4.69) is 10.4 Å². The second kappa shape index (κ2) is 7.87. The van der Waals surface area contributed by atoms with Crippen LogP contribution < -0.4 is 10.9 Å². The van der Waals surface area contributed by atoms with E-state index in [-0.39, 0.29) is 16.5 Å². The third-order valence-electron chi connectivity index (χ3n) is 5.09. The van der Waals surface area contributed by atoms with E-state index in [0.717, 1.165) is 41.6 Å². The molecule has 3 aromatic rings. The zero-order valence-corrected chi connectivity index (χ0v) is 17.3. The van der Waals surface area contributed by atoms with Gasteiger partial charge in [-0.25, -0.2) is 13.1 Å². The number of carbonyl (C=O) groups is 1. The highest BCUT2D eigenvalue weighted by Crippen LogP contribution is 2.25. The fraction of sp³-hybridized carbons (Fsp3) is 0.227. The Hall–Kier alpha value is -3.26. The predicted molar refractivity (Wildman–Crippen MR) is 112 cm³/mol. The molecule has 0 aliphatic heterocycles. The van der Waals surface area contributed by atoms with Crippen molar-refractivity contribution in [3.63, 3.8) is 0 Å². The van der Waals surface area contributed by atoms with Crippen molar-refractivity contribution < 1.29 is 13.2 Å². The molecule has 1 amide bonds. The van der Waals surface area contributed by atoms with Gasteiger partial charge in [-0.3, -0.25) is 9.59 Å². The van der Waals surface area contributed by atoms with Gasteiger partial charge in [-0.2, -0.15) is 5.10 Å². The van der Waals surface area contributed by atoms with Gasteiger partial charge in [0.25, 0.3) is 5.56 Å². The molecule has 1 heterocycles. The van der Waals surface area contributed by atoms with Crippen LogP contribution in [0.4, 0.5) is 5.69 Å². The lowest BCUT2D eigenvalue weighted by atomic mass is 10.1. The quantitative estimate of drug-likeness (QED) is 0.680. The maximum absolute atomic E-state index is 12.9. The fourth-order valence-electron chi connectivity index (χ4n) is 3.58. The van der Waals surface area contributed by atoms with Crippen molar-refractivity contribution in [1.29, 1.82) is 0 Å². The first-order valence-electron chi connectivity index (χ1n) is 9.64. The number of hydrogen-bond donors (Lipinski definition) is 1. The number of sulfone groups is 1. The van der Waals surface area contributed by atoms with Crippen LogP contribution >= 0.6 is 0 Å². The number of rotatable bonds is 5. The van der Waals surface area contributed by atoms with Crippen molar-refractivity contribution in [2.24, 2.45) is 0 Å². The minimum absolute atomic E-state index is 0.0859. The summed E-state index contributed by atoms with van der Waals surface area (Å²) in [5.41, 5.74) is 3.40. The number of carbonyl (C=O) groups excluding carboxylic acids is 1. The number of aryl methyl sites for hydroxylation is 3. The number of nitrogens with zero attached hydrogens (tertiary/aromatic N) is 2. The largest absolute Gasteiger partial charge is 0.324 e. The van der Waals surface area contributed by atoms with E-state index in [9.17, 15) is 18.0 Å². The van der Waals surface area contributed by atoms with E-state index >= 15 is 0 Å². The average molecular weight is 423 g/mol. The first-order valence-corrected chi connectivity index (χ1v) is 11.1. The third-order valence-corrected chi connectivity index (χ3v) is 6.74. The molecule has 2 aromatic carbocycles. The highest BCUT2D eigenvalue weighted by atomic mass is 32.2. The van der Waals surface area contributed by atoms with Gasteiger partial charge in [-0.1, -0.05) is 18.2 Å². The summed E-state index contributed by atoms with van der Waals surface area (Å²) in [5.74, 6) is -0.451. The number of nitrogens with one attached hydrogen (secondary N) is 1. The summed E-state index contributed by atoms with van der Waals surface area (Å²) < 4.78 is 26.6. The minimum atomic E-state index is -3.90. The van der Waals surface area contributed by atoms with Crippen LogP contribution in [0.25, 0.3) is 0 Å². The summed E-state index contributed by atoms with van der Waals surface area (Å²) in [5, 5.41) is 6.42. The van der Waals surface area contributed by atoms with Crippen molar-refractivity contribution in [2.45, 2.75) is 42.7 Å². The summed E-state index contributed by atoms with van der Waals surface area (Å²) in [6, 6.07) is 14.5. The van der Waals surface area contributed by atoms with E-state index < -0.39 is 21.3 Å². The van der Waals surface area contributed by atoms with Crippen molar-refractivity contribution in [3.8, 4) is 0 Å². The van der Waals surface area contributed by atoms with Gasteiger partial charge in [0, 0.05) is 11.8 Å². The molecule has 1 aliphatic carbocycles. The third kappa shape index (κ3) is 4.04. The second-order valence-corrected chi connectivity index (χ2v) is 9.27. The summed E-state index contributed by atoms with van der Waals surface area (Å²) in [6.07, 6.45) is 3.14. The Morgan fingerprint density at radius 3 is 2.67 bits per heavy atom. The monoisotopic (exact) mass is 423 g/mol. The van der Waals surface area contributed by atoms with Gasteiger partial charge < -0.3 is 5.32 Å². The highest BCUT2D eigenvalue weighted by Gasteiger charge is 2.21. The molecule has 0 atom stereocenters. The molecular weight excluding hydrogens is 402 g/mol. The van der Waals surface area contributed by atoms with Gasteiger partial charge in [0.2, 0.25) is 15.7 Å². The summed E-state index contributed by atoms with van der Waals surface area (Å²) in [6.45, 7) is 1.41. The number of amides is 1. The first-order chi connectivity index (χ1) is 14.3. The SMILES string of the molecule is Cc1cccc(S(=O)(=O)c2ccc(=O)n(CC(=O)Nc3ccc4c(c3)CCC4)n2)c1. The topological polar surface area (TPSA) is 98.1 Å². The van der Waals surface area contributed by atoms with Crippen molar-refractivity contribution in [2.75, 3.05) is 5.32 Å². The molecule has 30 heavy (non-hydrogen) atoms. The van der Waals surface area contributed by atoms with Gasteiger partial charge in [0.15, 0.2) is 5.03 Å². The molecule has 0 fully saturated rings. The Morgan fingerprint density at radius 1 is 1.07 bits per heavy atom. The summed E-state index contributed by atoms with van der Waals surface area (Å²) in [4.78, 5) is 24.7. The number of fused-ring (bicyclic) bond motifs is 1. The van der Waals surface area contributed by atoms with Crippen molar-refractivity contribution >= 4 is 21.4 Å². The van der Waals surface area contributed by atoms with E-state index in [0.29, 0.717) is 5.69 Å². The normalized spacial score (nSPS) is 13.1.